The minimum atomic E-state index is -1.03. The average molecular weight is 281 g/mol. The predicted octanol–water partition coefficient (Wildman–Crippen LogP) is 2.85. The first-order valence-electron chi connectivity index (χ1n) is 4.64. The zero-order valence-corrected chi connectivity index (χ0v) is 10.1. The average Bonchev–Trinajstić information content (AvgIpc) is 2.61. The summed E-state index contributed by atoms with van der Waals surface area (Å²) in [7, 11) is 0. The number of rotatable bonds is 2. The van der Waals surface area contributed by atoms with E-state index in [1.54, 1.807) is 6.92 Å². The second-order valence-corrected chi connectivity index (χ2v) is 4.21. The number of H-pyrrole nitrogens is 1. The first-order valence-corrected chi connectivity index (χ1v) is 5.43. The van der Waals surface area contributed by atoms with E-state index >= 15 is 0 Å². The molecule has 0 bridgehead atoms. The number of aromatic amines is 1. The molecule has 1 aromatic carbocycles. The number of benzene rings is 1. The molecule has 82 valence electrons. The monoisotopic (exact) mass is 280 g/mol. The molecule has 5 heteroatoms. The lowest BCUT2D eigenvalue weighted by Crippen LogP contribution is -1.99. The fraction of sp³-hybridized carbons (Fsp3) is 0.0909. The summed E-state index contributed by atoms with van der Waals surface area (Å²) < 4.78 is 0.849. The number of hydrogen-bond donors (Lipinski definition) is 2. The Balaban J connectivity index is 2.68. The van der Waals surface area contributed by atoms with Crippen LogP contribution in [0.3, 0.4) is 0 Å². The second-order valence-electron chi connectivity index (χ2n) is 3.36. The van der Waals surface area contributed by atoms with E-state index in [2.05, 4.69) is 26.1 Å². The standard InChI is InChI=1S/C11H9BrN2O2/c1-6-9(10(11(15)16)14-13-6)7-4-2-3-5-8(7)12/h2-5H,1H3,(H,13,14)(H,15,16). The van der Waals surface area contributed by atoms with Gasteiger partial charge in [0.15, 0.2) is 5.69 Å². The first-order chi connectivity index (χ1) is 7.61. The number of carboxylic acid groups (broad SMARTS) is 1. The van der Waals surface area contributed by atoms with Gasteiger partial charge in [-0.05, 0) is 13.0 Å². The van der Waals surface area contributed by atoms with Crippen LogP contribution in [-0.2, 0) is 0 Å². The van der Waals surface area contributed by atoms with Gasteiger partial charge in [0.1, 0.15) is 0 Å². The maximum absolute atomic E-state index is 11.0. The molecule has 0 spiro atoms. The van der Waals surface area contributed by atoms with Gasteiger partial charge in [-0.25, -0.2) is 4.79 Å². The molecule has 0 saturated carbocycles. The van der Waals surface area contributed by atoms with E-state index in [9.17, 15) is 4.79 Å². The minimum Gasteiger partial charge on any atom is -0.476 e. The number of aryl methyl sites for hydroxylation is 1. The summed E-state index contributed by atoms with van der Waals surface area (Å²) in [6.07, 6.45) is 0. The van der Waals surface area contributed by atoms with Crippen LogP contribution in [0.2, 0.25) is 0 Å². The van der Waals surface area contributed by atoms with Gasteiger partial charge in [-0.2, -0.15) is 5.10 Å². The van der Waals surface area contributed by atoms with Gasteiger partial charge in [0, 0.05) is 21.3 Å². The minimum absolute atomic E-state index is 0.0457. The number of aromatic carboxylic acids is 1. The molecule has 2 aromatic rings. The van der Waals surface area contributed by atoms with Crippen LogP contribution in [0.25, 0.3) is 11.1 Å². The van der Waals surface area contributed by atoms with Crippen LogP contribution in [0.1, 0.15) is 16.2 Å². The Kier molecular flexibility index (Phi) is 2.78. The molecule has 2 rings (SSSR count). The van der Waals surface area contributed by atoms with Gasteiger partial charge in [0.25, 0.3) is 0 Å². The summed E-state index contributed by atoms with van der Waals surface area (Å²) in [6.45, 7) is 1.80. The smallest absolute Gasteiger partial charge is 0.357 e. The van der Waals surface area contributed by atoms with Gasteiger partial charge in [0.05, 0.1) is 0 Å². The molecule has 0 radical (unpaired) electrons. The molecule has 4 nitrogen and oxygen atoms in total. The van der Waals surface area contributed by atoms with Crippen LogP contribution < -0.4 is 0 Å². The van der Waals surface area contributed by atoms with Crippen molar-refractivity contribution < 1.29 is 9.90 Å². The van der Waals surface area contributed by atoms with Crippen molar-refractivity contribution in [2.24, 2.45) is 0 Å². The van der Waals surface area contributed by atoms with E-state index in [0.29, 0.717) is 5.56 Å². The summed E-state index contributed by atoms with van der Waals surface area (Å²) in [6, 6.07) is 7.46. The molecule has 0 aliphatic heterocycles. The Bertz CT molecular complexity index is 549. The SMILES string of the molecule is Cc1[nH]nc(C(=O)O)c1-c1ccccc1Br. The third kappa shape index (κ3) is 1.74. The van der Waals surface area contributed by atoms with E-state index < -0.39 is 5.97 Å². The van der Waals surface area contributed by atoms with Gasteiger partial charge in [0.2, 0.25) is 0 Å². The van der Waals surface area contributed by atoms with Crippen LogP contribution >= 0.6 is 15.9 Å². The lowest BCUT2D eigenvalue weighted by Gasteiger charge is -2.03. The highest BCUT2D eigenvalue weighted by Crippen LogP contribution is 2.31. The van der Waals surface area contributed by atoms with Gasteiger partial charge >= 0.3 is 5.97 Å². The second kappa shape index (κ2) is 4.09. The highest BCUT2D eigenvalue weighted by molar-refractivity contribution is 9.10. The molecule has 0 saturated heterocycles. The lowest BCUT2D eigenvalue weighted by molar-refractivity contribution is 0.0691. The third-order valence-corrected chi connectivity index (χ3v) is 2.98. The van der Waals surface area contributed by atoms with Crippen LogP contribution in [0.4, 0.5) is 0 Å². The van der Waals surface area contributed by atoms with Gasteiger partial charge in [-0.1, -0.05) is 34.1 Å². The molecule has 0 atom stereocenters. The lowest BCUT2D eigenvalue weighted by atomic mass is 10.0. The molecule has 1 aromatic heterocycles. The molecule has 2 N–H and O–H groups in total. The van der Waals surface area contributed by atoms with E-state index in [4.69, 9.17) is 5.11 Å². The number of carboxylic acids is 1. The van der Waals surface area contributed by atoms with Crippen molar-refractivity contribution in [1.82, 2.24) is 10.2 Å². The molecular formula is C11H9BrN2O2. The summed E-state index contributed by atoms with van der Waals surface area (Å²) in [4.78, 5) is 11.0. The van der Waals surface area contributed by atoms with Crippen molar-refractivity contribution in [2.75, 3.05) is 0 Å². The maximum Gasteiger partial charge on any atom is 0.357 e. The van der Waals surface area contributed by atoms with Crippen LogP contribution in [-0.4, -0.2) is 21.3 Å². The summed E-state index contributed by atoms with van der Waals surface area (Å²) in [5, 5.41) is 15.5. The van der Waals surface area contributed by atoms with E-state index in [-0.39, 0.29) is 5.69 Å². The topological polar surface area (TPSA) is 66.0 Å². The quantitative estimate of drug-likeness (QED) is 0.889. The molecule has 16 heavy (non-hydrogen) atoms. The maximum atomic E-state index is 11.0. The van der Waals surface area contributed by atoms with Crippen molar-refractivity contribution in [2.45, 2.75) is 6.92 Å². The van der Waals surface area contributed by atoms with Crippen LogP contribution in [0.15, 0.2) is 28.7 Å². The summed E-state index contributed by atoms with van der Waals surface area (Å²) in [5.41, 5.74) is 2.24. The van der Waals surface area contributed by atoms with Crippen molar-refractivity contribution in [3.8, 4) is 11.1 Å². The highest BCUT2D eigenvalue weighted by Gasteiger charge is 2.19. The van der Waals surface area contributed by atoms with Crippen LogP contribution in [0.5, 0.6) is 0 Å². The van der Waals surface area contributed by atoms with Crippen molar-refractivity contribution in [1.29, 1.82) is 0 Å². The molecule has 0 aliphatic carbocycles. The van der Waals surface area contributed by atoms with Gasteiger partial charge in [-0.3, -0.25) is 5.10 Å². The molecule has 0 fully saturated rings. The molecular weight excluding hydrogens is 272 g/mol. The summed E-state index contributed by atoms with van der Waals surface area (Å²) in [5.74, 6) is -1.03. The van der Waals surface area contributed by atoms with Crippen molar-refractivity contribution in [3.63, 3.8) is 0 Å². The summed E-state index contributed by atoms with van der Waals surface area (Å²) >= 11 is 3.40. The molecule has 0 aliphatic rings. The Morgan fingerprint density at radius 2 is 2.12 bits per heavy atom. The Labute approximate surface area is 100 Å². The zero-order valence-electron chi connectivity index (χ0n) is 8.49. The third-order valence-electron chi connectivity index (χ3n) is 2.29. The Morgan fingerprint density at radius 3 is 2.75 bits per heavy atom. The van der Waals surface area contributed by atoms with E-state index in [1.807, 2.05) is 24.3 Å². The number of hydrogen-bond acceptors (Lipinski definition) is 2. The number of nitrogens with zero attached hydrogens (tertiary/aromatic N) is 1. The number of carbonyl (C=O) groups is 1. The number of aromatic nitrogens is 2. The normalized spacial score (nSPS) is 10.4. The largest absolute Gasteiger partial charge is 0.476 e. The van der Waals surface area contributed by atoms with E-state index in [1.165, 1.54) is 0 Å². The molecule has 0 unspecified atom stereocenters. The number of nitrogens with one attached hydrogen (secondary N) is 1. The zero-order chi connectivity index (χ0) is 11.7. The highest BCUT2D eigenvalue weighted by atomic mass is 79.9. The first kappa shape index (κ1) is 10.9. The predicted molar refractivity (Wildman–Crippen MR) is 63.4 cm³/mol. The fourth-order valence-corrected chi connectivity index (χ4v) is 2.06. The fourth-order valence-electron chi connectivity index (χ4n) is 1.58. The van der Waals surface area contributed by atoms with Gasteiger partial charge < -0.3 is 5.11 Å². The van der Waals surface area contributed by atoms with Crippen molar-refractivity contribution in [3.05, 3.63) is 40.1 Å². The number of halogens is 1. The molecule has 0 amide bonds. The van der Waals surface area contributed by atoms with Gasteiger partial charge in [-0.15, -0.1) is 0 Å². The Morgan fingerprint density at radius 1 is 1.44 bits per heavy atom. The Hall–Kier alpha value is -1.62. The van der Waals surface area contributed by atoms with E-state index in [0.717, 1.165) is 15.7 Å². The van der Waals surface area contributed by atoms with Crippen LogP contribution in [0, 0.1) is 6.92 Å². The van der Waals surface area contributed by atoms with Crippen molar-refractivity contribution >= 4 is 21.9 Å². The molecule has 1 heterocycles.